The average molecular weight is 395 g/mol. The van der Waals surface area contributed by atoms with Crippen LogP contribution in [0.3, 0.4) is 0 Å². The second-order valence-electron chi connectivity index (χ2n) is 5.90. The van der Waals surface area contributed by atoms with Crippen LogP contribution >= 0.6 is 24.0 Å². The second kappa shape index (κ2) is 8.85. The molecule has 2 saturated heterocycles. The first-order valence-electron chi connectivity index (χ1n) is 8.40. The van der Waals surface area contributed by atoms with Gasteiger partial charge in [-0.25, -0.2) is 0 Å². The highest BCUT2D eigenvalue weighted by molar-refractivity contribution is 8.26. The zero-order valence-corrected chi connectivity index (χ0v) is 16.5. The largest absolute Gasteiger partial charge is 0.493 e. The lowest BCUT2D eigenvalue weighted by Crippen LogP contribution is -2.42. The van der Waals surface area contributed by atoms with Gasteiger partial charge in [0.1, 0.15) is 4.32 Å². The number of methoxy groups -OCH3 is 2. The molecule has 2 fully saturated rings. The Kier molecular flexibility index (Phi) is 6.53. The lowest BCUT2D eigenvalue weighted by molar-refractivity contribution is -0.122. The highest BCUT2D eigenvalue weighted by Crippen LogP contribution is 2.34. The maximum atomic E-state index is 12.7. The molecule has 0 aromatic heterocycles. The molecule has 2 aliphatic heterocycles. The van der Waals surface area contributed by atoms with Gasteiger partial charge in [-0.1, -0.05) is 30.0 Å². The molecular weight excluding hydrogens is 372 g/mol. The van der Waals surface area contributed by atoms with Gasteiger partial charge in [-0.15, -0.1) is 0 Å². The van der Waals surface area contributed by atoms with Gasteiger partial charge in [0.25, 0.3) is 5.91 Å². The van der Waals surface area contributed by atoms with Gasteiger partial charge >= 0.3 is 0 Å². The fraction of sp³-hybridized carbons (Fsp3) is 0.444. The van der Waals surface area contributed by atoms with E-state index < -0.39 is 0 Å². The molecule has 3 rings (SSSR count). The molecule has 1 aromatic rings. The van der Waals surface area contributed by atoms with Crippen molar-refractivity contribution in [1.82, 2.24) is 9.80 Å². The number of thiocarbonyl (C=S) groups is 1. The third-order valence-electron chi connectivity index (χ3n) is 4.32. The zero-order valence-electron chi connectivity index (χ0n) is 14.9. The van der Waals surface area contributed by atoms with Crippen molar-refractivity contribution in [1.29, 1.82) is 0 Å². The first kappa shape index (κ1) is 19.2. The van der Waals surface area contributed by atoms with E-state index in [1.807, 2.05) is 24.3 Å². The third-order valence-corrected chi connectivity index (χ3v) is 5.70. The van der Waals surface area contributed by atoms with Crippen molar-refractivity contribution in [2.24, 2.45) is 0 Å². The number of rotatable bonds is 6. The van der Waals surface area contributed by atoms with Gasteiger partial charge in [0, 0.05) is 26.2 Å². The molecule has 26 heavy (non-hydrogen) atoms. The molecule has 0 radical (unpaired) electrons. The minimum Gasteiger partial charge on any atom is -0.493 e. The van der Waals surface area contributed by atoms with Gasteiger partial charge in [0.05, 0.1) is 32.3 Å². The molecule has 140 valence electrons. The van der Waals surface area contributed by atoms with Crippen LogP contribution in [0.4, 0.5) is 0 Å². The lowest BCUT2D eigenvalue weighted by atomic mass is 10.2. The Bertz CT molecular complexity index is 717. The van der Waals surface area contributed by atoms with Crippen molar-refractivity contribution in [3.8, 4) is 11.5 Å². The standard InChI is InChI=1S/C18H22N2O4S2/c1-22-14-4-3-13(11-15(14)23-2)12-16-17(21)20(18(25)26-16)6-5-19-7-9-24-10-8-19/h3-4,11-12H,5-10H2,1-2H3/b16-12+. The first-order valence-corrected chi connectivity index (χ1v) is 9.62. The molecule has 0 N–H and O–H groups in total. The number of carbonyl (C=O) groups excluding carboxylic acids is 1. The van der Waals surface area contributed by atoms with E-state index in [-0.39, 0.29) is 5.91 Å². The maximum absolute atomic E-state index is 12.7. The summed E-state index contributed by atoms with van der Waals surface area (Å²) >= 11 is 6.75. The number of amides is 1. The highest BCUT2D eigenvalue weighted by Gasteiger charge is 2.32. The first-order chi connectivity index (χ1) is 12.6. The van der Waals surface area contributed by atoms with Crippen molar-refractivity contribution in [3.05, 3.63) is 28.7 Å². The molecule has 2 heterocycles. The fourth-order valence-corrected chi connectivity index (χ4v) is 4.16. The number of morpholine rings is 1. The number of hydrogen-bond acceptors (Lipinski definition) is 7. The van der Waals surface area contributed by atoms with Crippen LogP contribution in [0.15, 0.2) is 23.1 Å². The molecule has 0 aliphatic carbocycles. The molecule has 0 unspecified atom stereocenters. The van der Waals surface area contributed by atoms with Crippen LogP contribution < -0.4 is 9.47 Å². The van der Waals surface area contributed by atoms with Gasteiger partial charge in [-0.3, -0.25) is 14.6 Å². The van der Waals surface area contributed by atoms with Crippen molar-refractivity contribution >= 4 is 40.3 Å². The lowest BCUT2D eigenvalue weighted by Gasteiger charge is -2.28. The SMILES string of the molecule is COc1ccc(/C=C2/SC(=S)N(CCN3CCOCC3)C2=O)cc1OC. The second-order valence-corrected chi connectivity index (χ2v) is 7.58. The van der Waals surface area contributed by atoms with Crippen molar-refractivity contribution in [2.75, 3.05) is 53.6 Å². The Morgan fingerprint density at radius 1 is 1.19 bits per heavy atom. The van der Waals surface area contributed by atoms with Crippen molar-refractivity contribution < 1.29 is 19.0 Å². The van der Waals surface area contributed by atoms with E-state index in [0.29, 0.717) is 27.3 Å². The van der Waals surface area contributed by atoms with Crippen LogP contribution in [0.2, 0.25) is 0 Å². The van der Waals surface area contributed by atoms with Gasteiger partial charge < -0.3 is 14.2 Å². The van der Waals surface area contributed by atoms with E-state index in [9.17, 15) is 4.79 Å². The molecule has 0 spiro atoms. The number of hydrogen-bond donors (Lipinski definition) is 0. The highest BCUT2D eigenvalue weighted by atomic mass is 32.2. The number of thioether (sulfide) groups is 1. The summed E-state index contributed by atoms with van der Waals surface area (Å²) in [5, 5.41) is 0. The molecule has 1 aromatic carbocycles. The topological polar surface area (TPSA) is 51.2 Å². The summed E-state index contributed by atoms with van der Waals surface area (Å²) in [4.78, 5) is 17.3. The van der Waals surface area contributed by atoms with Crippen LogP contribution in [0.1, 0.15) is 5.56 Å². The summed E-state index contributed by atoms with van der Waals surface area (Å²) in [7, 11) is 3.18. The molecule has 2 aliphatic rings. The molecule has 1 amide bonds. The van der Waals surface area contributed by atoms with E-state index >= 15 is 0 Å². The molecule has 6 nitrogen and oxygen atoms in total. The van der Waals surface area contributed by atoms with Crippen LogP contribution in [0.5, 0.6) is 11.5 Å². The third kappa shape index (κ3) is 4.37. The quantitative estimate of drug-likeness (QED) is 0.542. The Labute approximate surface area is 163 Å². The summed E-state index contributed by atoms with van der Waals surface area (Å²) in [6, 6.07) is 5.56. The van der Waals surface area contributed by atoms with Gasteiger partial charge in [-0.05, 0) is 23.8 Å². The van der Waals surface area contributed by atoms with Crippen LogP contribution in [0, 0.1) is 0 Å². The van der Waals surface area contributed by atoms with Gasteiger partial charge in [0.15, 0.2) is 11.5 Å². The Balaban J connectivity index is 1.68. The van der Waals surface area contributed by atoms with E-state index in [1.54, 1.807) is 19.1 Å². The van der Waals surface area contributed by atoms with Gasteiger partial charge in [-0.2, -0.15) is 0 Å². The Hall–Kier alpha value is -1.61. The summed E-state index contributed by atoms with van der Waals surface area (Å²) in [6.07, 6.45) is 1.84. The van der Waals surface area contributed by atoms with E-state index in [1.165, 1.54) is 11.8 Å². The zero-order chi connectivity index (χ0) is 18.5. The monoisotopic (exact) mass is 394 g/mol. The average Bonchev–Trinajstić information content (AvgIpc) is 2.93. The fourth-order valence-electron chi connectivity index (χ4n) is 2.85. The van der Waals surface area contributed by atoms with Crippen LogP contribution in [-0.2, 0) is 9.53 Å². The Morgan fingerprint density at radius 2 is 1.92 bits per heavy atom. The number of ether oxygens (including phenoxy) is 3. The van der Waals surface area contributed by atoms with Crippen molar-refractivity contribution in [2.45, 2.75) is 0 Å². The van der Waals surface area contributed by atoms with Crippen LogP contribution in [0.25, 0.3) is 6.08 Å². The summed E-state index contributed by atoms with van der Waals surface area (Å²) < 4.78 is 16.5. The number of carbonyl (C=O) groups is 1. The minimum atomic E-state index is -0.0388. The number of nitrogens with zero attached hydrogens (tertiary/aromatic N) is 2. The predicted molar refractivity (Wildman–Crippen MR) is 107 cm³/mol. The molecule has 8 heteroatoms. The predicted octanol–water partition coefficient (Wildman–Crippen LogP) is 2.24. The smallest absolute Gasteiger partial charge is 0.266 e. The summed E-state index contributed by atoms with van der Waals surface area (Å²) in [5.74, 6) is 1.25. The molecule has 0 bridgehead atoms. The van der Waals surface area contributed by atoms with E-state index in [0.717, 1.165) is 38.4 Å². The van der Waals surface area contributed by atoms with Crippen LogP contribution in [-0.4, -0.2) is 73.6 Å². The minimum absolute atomic E-state index is 0.0388. The molecule has 0 saturated carbocycles. The number of benzene rings is 1. The summed E-state index contributed by atoms with van der Waals surface area (Å²) in [5.41, 5.74) is 0.872. The summed E-state index contributed by atoms with van der Waals surface area (Å²) in [6.45, 7) is 4.70. The normalized spacial score (nSPS) is 20.1. The van der Waals surface area contributed by atoms with Crippen molar-refractivity contribution in [3.63, 3.8) is 0 Å². The van der Waals surface area contributed by atoms with Gasteiger partial charge in [0.2, 0.25) is 0 Å². The van der Waals surface area contributed by atoms with E-state index in [2.05, 4.69) is 4.90 Å². The van der Waals surface area contributed by atoms with E-state index in [4.69, 9.17) is 26.4 Å². The Morgan fingerprint density at radius 3 is 2.62 bits per heavy atom. The molecular formula is C18H22N2O4S2. The maximum Gasteiger partial charge on any atom is 0.266 e. The molecule has 0 atom stereocenters.